The number of carboxylic acid groups (broad SMARTS) is 1. The number of aromatic nitrogens is 1. The number of carboxylic acids is 1. The van der Waals surface area contributed by atoms with Crippen molar-refractivity contribution in [2.75, 3.05) is 0 Å². The van der Waals surface area contributed by atoms with Crippen LogP contribution in [0.2, 0.25) is 0 Å². The Morgan fingerprint density at radius 3 is 2.46 bits per heavy atom. The highest BCUT2D eigenvalue weighted by atomic mass is 19.1. The minimum Gasteiger partial charge on any atom is -0.478 e. The van der Waals surface area contributed by atoms with Gasteiger partial charge in [-0.05, 0) is 111 Å². The maximum Gasteiger partial charge on any atom is 0.335 e. The molecule has 1 aromatic heterocycles. The van der Waals surface area contributed by atoms with E-state index in [2.05, 4.69) is 74.3 Å². The number of fused-ring (bicyclic) bond motifs is 6. The van der Waals surface area contributed by atoms with Gasteiger partial charge < -0.3 is 5.11 Å². The van der Waals surface area contributed by atoms with E-state index in [4.69, 9.17) is 5.11 Å². The van der Waals surface area contributed by atoms with Gasteiger partial charge in [-0.15, -0.1) is 0 Å². The Balaban J connectivity index is 0.000000195. The van der Waals surface area contributed by atoms with Crippen molar-refractivity contribution in [3.63, 3.8) is 0 Å². The molecule has 0 amide bonds. The Morgan fingerprint density at radius 2 is 1.63 bits per heavy atom. The Labute approximate surface area is 239 Å². The first-order valence-corrected chi connectivity index (χ1v) is 14.0. The highest BCUT2D eigenvalue weighted by Gasteiger charge is 2.37. The number of nitrogens with zero attached hydrogens (tertiary/aromatic N) is 1. The van der Waals surface area contributed by atoms with Crippen molar-refractivity contribution in [3.05, 3.63) is 137 Å². The predicted molar refractivity (Wildman–Crippen MR) is 165 cm³/mol. The fourth-order valence-electron chi connectivity index (χ4n) is 6.40. The molecular formula is C37H32FNO2. The molecule has 1 aliphatic rings. The van der Waals surface area contributed by atoms with Crippen LogP contribution in [-0.2, 0) is 12.8 Å². The maximum absolute atomic E-state index is 14.0. The van der Waals surface area contributed by atoms with Crippen LogP contribution in [0.25, 0.3) is 32.4 Å². The highest BCUT2D eigenvalue weighted by Crippen LogP contribution is 2.48. The lowest BCUT2D eigenvalue weighted by molar-refractivity contribution is 0.0697. The number of aryl methyl sites for hydroxylation is 1. The van der Waals surface area contributed by atoms with Crippen LogP contribution < -0.4 is 0 Å². The predicted octanol–water partition coefficient (Wildman–Crippen LogP) is 9.28. The second-order valence-electron chi connectivity index (χ2n) is 11.7. The molecule has 5 aromatic carbocycles. The SMILES string of the molecule is Cc1ccc(F)cc1C1Cc2ccc3c(ccc4ccccc43)c2CC1(C)C.O=C(O)c1ccc2ncccc2c1. The smallest absolute Gasteiger partial charge is 0.335 e. The van der Waals surface area contributed by atoms with Gasteiger partial charge in [-0.1, -0.05) is 74.5 Å². The van der Waals surface area contributed by atoms with Crippen molar-refractivity contribution in [3.8, 4) is 0 Å². The second-order valence-corrected chi connectivity index (χ2v) is 11.7. The van der Waals surface area contributed by atoms with E-state index in [0.717, 1.165) is 29.3 Å². The van der Waals surface area contributed by atoms with Crippen LogP contribution in [0, 0.1) is 18.2 Å². The van der Waals surface area contributed by atoms with Gasteiger partial charge in [0.15, 0.2) is 0 Å². The van der Waals surface area contributed by atoms with E-state index >= 15 is 0 Å². The summed E-state index contributed by atoms with van der Waals surface area (Å²) in [6, 6.07) is 31.5. The minimum atomic E-state index is -0.911. The number of hydrogen-bond donors (Lipinski definition) is 1. The zero-order chi connectivity index (χ0) is 28.7. The topological polar surface area (TPSA) is 50.2 Å². The van der Waals surface area contributed by atoms with E-state index < -0.39 is 5.97 Å². The Morgan fingerprint density at radius 1 is 0.854 bits per heavy atom. The molecule has 41 heavy (non-hydrogen) atoms. The molecule has 4 heteroatoms. The van der Waals surface area contributed by atoms with Gasteiger partial charge in [0.05, 0.1) is 11.1 Å². The molecule has 1 heterocycles. The summed E-state index contributed by atoms with van der Waals surface area (Å²) >= 11 is 0. The summed E-state index contributed by atoms with van der Waals surface area (Å²) < 4.78 is 14.0. The van der Waals surface area contributed by atoms with Crippen LogP contribution in [0.1, 0.15) is 52.4 Å². The van der Waals surface area contributed by atoms with Gasteiger partial charge in [0, 0.05) is 11.6 Å². The van der Waals surface area contributed by atoms with Crippen molar-refractivity contribution in [2.45, 2.75) is 39.5 Å². The monoisotopic (exact) mass is 541 g/mol. The molecule has 0 fully saturated rings. The Kier molecular flexibility index (Phi) is 6.78. The first-order valence-electron chi connectivity index (χ1n) is 14.0. The standard InChI is InChI=1S/C27H25F.C10H7NO2/c1-17-8-11-20(28)15-24(17)26-14-19-10-13-22-21-7-5-4-6-18(21)9-12-23(22)25(19)16-27(26,2)3;12-10(13)8-3-4-9-7(6-8)2-1-5-11-9/h4-13,15,26H,14,16H2,1-3H3;1-6H,(H,12,13). The molecule has 0 spiro atoms. The number of aromatic carboxylic acids is 1. The van der Waals surface area contributed by atoms with Crippen LogP contribution in [0.5, 0.6) is 0 Å². The zero-order valence-corrected chi connectivity index (χ0v) is 23.5. The highest BCUT2D eigenvalue weighted by molar-refractivity contribution is 6.08. The van der Waals surface area contributed by atoms with E-state index in [1.54, 1.807) is 42.6 Å². The van der Waals surface area contributed by atoms with Crippen molar-refractivity contribution in [1.29, 1.82) is 0 Å². The van der Waals surface area contributed by atoms with E-state index in [-0.39, 0.29) is 11.2 Å². The van der Waals surface area contributed by atoms with Crippen molar-refractivity contribution < 1.29 is 14.3 Å². The summed E-state index contributed by atoms with van der Waals surface area (Å²) in [4.78, 5) is 14.7. The van der Waals surface area contributed by atoms with Crippen LogP contribution >= 0.6 is 0 Å². The van der Waals surface area contributed by atoms with Gasteiger partial charge in [-0.2, -0.15) is 0 Å². The molecule has 6 aromatic rings. The zero-order valence-electron chi connectivity index (χ0n) is 23.5. The van der Waals surface area contributed by atoms with Gasteiger partial charge in [0.25, 0.3) is 0 Å². The molecule has 0 aliphatic heterocycles. The van der Waals surface area contributed by atoms with Crippen LogP contribution in [0.4, 0.5) is 4.39 Å². The molecule has 1 aliphatic carbocycles. The molecular weight excluding hydrogens is 509 g/mol. The van der Waals surface area contributed by atoms with Gasteiger partial charge in [0.1, 0.15) is 5.82 Å². The van der Waals surface area contributed by atoms with E-state index in [1.807, 2.05) is 12.1 Å². The molecule has 3 nitrogen and oxygen atoms in total. The summed E-state index contributed by atoms with van der Waals surface area (Å²) in [5.74, 6) is -0.716. The van der Waals surface area contributed by atoms with Crippen molar-refractivity contribution in [2.24, 2.45) is 5.41 Å². The first-order chi connectivity index (χ1) is 19.7. The Hall–Kier alpha value is -4.57. The third-order valence-corrected chi connectivity index (χ3v) is 8.60. The number of rotatable bonds is 2. The number of carbonyl (C=O) groups is 1. The molecule has 0 bridgehead atoms. The molecule has 1 unspecified atom stereocenters. The van der Waals surface area contributed by atoms with Crippen LogP contribution in [0.15, 0.2) is 103 Å². The normalized spacial score (nSPS) is 15.8. The van der Waals surface area contributed by atoms with Crippen LogP contribution in [0.3, 0.4) is 0 Å². The van der Waals surface area contributed by atoms with Gasteiger partial charge >= 0.3 is 5.97 Å². The van der Waals surface area contributed by atoms with Crippen molar-refractivity contribution >= 4 is 38.4 Å². The van der Waals surface area contributed by atoms with Crippen molar-refractivity contribution in [1.82, 2.24) is 4.98 Å². The minimum absolute atomic E-state index is 0.0749. The van der Waals surface area contributed by atoms with Gasteiger partial charge in [0.2, 0.25) is 0 Å². The number of benzene rings is 5. The van der Waals surface area contributed by atoms with Crippen LogP contribution in [-0.4, -0.2) is 16.1 Å². The maximum atomic E-state index is 14.0. The summed E-state index contributed by atoms with van der Waals surface area (Å²) in [5.41, 5.74) is 6.41. The third kappa shape index (κ3) is 5.06. The molecule has 204 valence electrons. The second kappa shape index (κ2) is 10.4. The van der Waals surface area contributed by atoms with E-state index in [1.165, 1.54) is 38.2 Å². The first kappa shape index (κ1) is 26.6. The fraction of sp³-hybridized carbons (Fsp3) is 0.189. The quantitative estimate of drug-likeness (QED) is 0.222. The molecule has 7 rings (SSSR count). The van der Waals surface area contributed by atoms with E-state index in [9.17, 15) is 9.18 Å². The van der Waals surface area contributed by atoms with Gasteiger partial charge in [-0.25, -0.2) is 9.18 Å². The lowest BCUT2D eigenvalue weighted by Gasteiger charge is -2.41. The average Bonchev–Trinajstić information content (AvgIpc) is 2.97. The lowest BCUT2D eigenvalue weighted by Crippen LogP contribution is -2.32. The molecule has 1 atom stereocenters. The fourth-order valence-corrected chi connectivity index (χ4v) is 6.40. The largest absolute Gasteiger partial charge is 0.478 e. The third-order valence-electron chi connectivity index (χ3n) is 8.60. The van der Waals surface area contributed by atoms with Gasteiger partial charge in [-0.3, -0.25) is 4.98 Å². The summed E-state index contributed by atoms with van der Waals surface area (Å²) in [5, 5.41) is 14.9. The number of hydrogen-bond acceptors (Lipinski definition) is 2. The molecule has 0 radical (unpaired) electrons. The Bertz CT molecular complexity index is 1940. The number of pyridine rings is 1. The summed E-state index contributed by atoms with van der Waals surface area (Å²) in [6.07, 6.45) is 3.66. The molecule has 0 saturated heterocycles. The molecule has 0 saturated carbocycles. The lowest BCUT2D eigenvalue weighted by atomic mass is 9.63. The summed E-state index contributed by atoms with van der Waals surface area (Å²) in [6.45, 7) is 6.78. The average molecular weight is 542 g/mol. The number of halogens is 1. The van der Waals surface area contributed by atoms with E-state index in [0.29, 0.717) is 11.5 Å². The summed E-state index contributed by atoms with van der Waals surface area (Å²) in [7, 11) is 0. The molecule has 1 N–H and O–H groups in total.